The zero-order valence-electron chi connectivity index (χ0n) is 12.1. The molecule has 1 aromatic carbocycles. The van der Waals surface area contributed by atoms with Gasteiger partial charge in [0.1, 0.15) is 0 Å². The summed E-state index contributed by atoms with van der Waals surface area (Å²) in [6, 6.07) is 7.21. The molecule has 1 heterocycles. The minimum atomic E-state index is -0.0450. The van der Waals surface area contributed by atoms with Gasteiger partial charge < -0.3 is 15.2 Å². The molecule has 0 unspecified atom stereocenters. The third-order valence-corrected chi connectivity index (χ3v) is 3.51. The van der Waals surface area contributed by atoms with Crippen molar-refractivity contribution in [3.63, 3.8) is 0 Å². The molecule has 1 aliphatic rings. The Morgan fingerprint density at radius 3 is 2.67 bits per heavy atom. The third-order valence-electron chi connectivity index (χ3n) is 3.51. The van der Waals surface area contributed by atoms with Gasteiger partial charge in [-0.2, -0.15) is 0 Å². The van der Waals surface area contributed by atoms with Crippen molar-refractivity contribution in [2.24, 2.45) is 5.92 Å². The minimum Gasteiger partial charge on any atom is -0.395 e. The highest BCUT2D eigenvalue weighted by Crippen LogP contribution is 2.13. The number of benzene rings is 1. The van der Waals surface area contributed by atoms with Crippen molar-refractivity contribution in [1.29, 1.82) is 0 Å². The number of rotatable bonds is 4. The van der Waals surface area contributed by atoms with Crippen LogP contribution >= 0.6 is 0 Å². The number of aliphatic hydroxyl groups is 1. The van der Waals surface area contributed by atoms with Crippen molar-refractivity contribution in [2.45, 2.75) is 19.3 Å². The molecule has 4 heteroatoms. The Bertz CT molecular complexity index is 507. The van der Waals surface area contributed by atoms with E-state index in [-0.39, 0.29) is 12.5 Å². The van der Waals surface area contributed by atoms with Crippen LogP contribution in [0.15, 0.2) is 24.3 Å². The molecule has 0 bridgehead atoms. The Hall–Kier alpha value is -1.83. The van der Waals surface area contributed by atoms with Gasteiger partial charge in [0, 0.05) is 37.3 Å². The minimum absolute atomic E-state index is 0.0450. The van der Waals surface area contributed by atoms with E-state index in [2.05, 4.69) is 17.2 Å². The van der Waals surface area contributed by atoms with Crippen LogP contribution in [0, 0.1) is 17.8 Å². The lowest BCUT2D eigenvalue weighted by Crippen LogP contribution is -2.32. The molecule has 0 spiro atoms. The van der Waals surface area contributed by atoms with Gasteiger partial charge in [-0.15, -0.1) is 0 Å². The van der Waals surface area contributed by atoms with E-state index >= 15 is 0 Å². The lowest BCUT2D eigenvalue weighted by molar-refractivity contribution is 0.0642. The molecule has 2 N–H and O–H groups in total. The molecule has 1 fully saturated rings. The first kappa shape index (κ1) is 15.6. The van der Waals surface area contributed by atoms with E-state index in [1.807, 2.05) is 12.1 Å². The number of carbonyl (C=O) groups excluding carboxylic acids is 1. The van der Waals surface area contributed by atoms with E-state index in [9.17, 15) is 4.79 Å². The molecule has 112 valence electrons. The number of ether oxygens (including phenoxy) is 1. The van der Waals surface area contributed by atoms with E-state index in [1.165, 1.54) is 0 Å². The van der Waals surface area contributed by atoms with Gasteiger partial charge in [-0.05, 0) is 43.0 Å². The summed E-state index contributed by atoms with van der Waals surface area (Å²) in [5, 5.41) is 11.6. The van der Waals surface area contributed by atoms with E-state index < -0.39 is 0 Å². The lowest BCUT2D eigenvalue weighted by atomic mass is 10.0. The predicted octanol–water partition coefficient (Wildman–Crippen LogP) is 1.58. The molecule has 0 atom stereocenters. The third kappa shape index (κ3) is 5.22. The van der Waals surface area contributed by atoms with Gasteiger partial charge in [-0.25, -0.2) is 0 Å². The molecule has 2 rings (SSSR count). The van der Waals surface area contributed by atoms with Crippen LogP contribution in [0.2, 0.25) is 0 Å². The Morgan fingerprint density at radius 2 is 2.00 bits per heavy atom. The Balaban J connectivity index is 1.83. The topological polar surface area (TPSA) is 58.6 Å². The van der Waals surface area contributed by atoms with Crippen LogP contribution < -0.4 is 5.32 Å². The van der Waals surface area contributed by atoms with E-state index in [0.29, 0.717) is 24.4 Å². The van der Waals surface area contributed by atoms with E-state index in [0.717, 1.165) is 31.6 Å². The SMILES string of the molecule is O=C(NCC1CCOCC1)c1ccc(C#CCCO)cc1. The molecule has 4 nitrogen and oxygen atoms in total. The van der Waals surface area contributed by atoms with Crippen LogP contribution in [0.25, 0.3) is 0 Å². The molecule has 0 saturated carbocycles. The average molecular weight is 287 g/mol. The summed E-state index contributed by atoms with van der Waals surface area (Å²) in [5.41, 5.74) is 1.50. The van der Waals surface area contributed by atoms with Gasteiger partial charge in [0.05, 0.1) is 6.61 Å². The van der Waals surface area contributed by atoms with Crippen molar-refractivity contribution >= 4 is 5.91 Å². The normalized spacial score (nSPS) is 15.1. The van der Waals surface area contributed by atoms with Crippen molar-refractivity contribution in [3.8, 4) is 11.8 Å². The van der Waals surface area contributed by atoms with Gasteiger partial charge in [0.15, 0.2) is 0 Å². The van der Waals surface area contributed by atoms with Gasteiger partial charge >= 0.3 is 0 Å². The maximum absolute atomic E-state index is 12.0. The standard InChI is InChI=1S/C17H21NO3/c19-10-2-1-3-14-4-6-16(7-5-14)17(20)18-13-15-8-11-21-12-9-15/h4-7,15,19H,2,8-13H2,(H,18,20). The lowest BCUT2D eigenvalue weighted by Gasteiger charge is -2.22. The molecule has 21 heavy (non-hydrogen) atoms. The second-order valence-corrected chi connectivity index (χ2v) is 5.12. The monoisotopic (exact) mass is 287 g/mol. The number of hydrogen-bond donors (Lipinski definition) is 2. The van der Waals surface area contributed by atoms with Crippen LogP contribution in [-0.2, 0) is 4.74 Å². The number of carbonyl (C=O) groups is 1. The molecule has 1 aromatic rings. The summed E-state index contributed by atoms with van der Waals surface area (Å²) < 4.78 is 5.30. The molecule has 0 aliphatic carbocycles. The average Bonchev–Trinajstić information content (AvgIpc) is 2.54. The molecule has 1 amide bonds. The highest BCUT2D eigenvalue weighted by molar-refractivity contribution is 5.94. The van der Waals surface area contributed by atoms with Crippen LogP contribution in [0.3, 0.4) is 0 Å². The largest absolute Gasteiger partial charge is 0.395 e. The first-order valence-corrected chi connectivity index (χ1v) is 7.35. The first-order chi connectivity index (χ1) is 10.3. The quantitative estimate of drug-likeness (QED) is 0.827. The van der Waals surface area contributed by atoms with Gasteiger partial charge in [-0.3, -0.25) is 4.79 Å². The number of hydrogen-bond acceptors (Lipinski definition) is 3. The summed E-state index contributed by atoms with van der Waals surface area (Å²) in [7, 11) is 0. The van der Waals surface area contributed by atoms with E-state index in [4.69, 9.17) is 9.84 Å². The van der Waals surface area contributed by atoms with Gasteiger partial charge in [0.25, 0.3) is 5.91 Å². The highest BCUT2D eigenvalue weighted by atomic mass is 16.5. The summed E-state index contributed by atoms with van der Waals surface area (Å²) >= 11 is 0. The maximum Gasteiger partial charge on any atom is 0.251 e. The fourth-order valence-corrected chi connectivity index (χ4v) is 2.22. The zero-order valence-corrected chi connectivity index (χ0v) is 12.1. The number of aliphatic hydroxyl groups excluding tert-OH is 1. The molecule has 1 saturated heterocycles. The van der Waals surface area contributed by atoms with Crippen molar-refractivity contribution in [1.82, 2.24) is 5.32 Å². The first-order valence-electron chi connectivity index (χ1n) is 7.35. The molecular weight excluding hydrogens is 266 g/mol. The van der Waals surface area contributed by atoms with Crippen molar-refractivity contribution in [3.05, 3.63) is 35.4 Å². The Morgan fingerprint density at radius 1 is 1.29 bits per heavy atom. The van der Waals surface area contributed by atoms with Crippen LogP contribution in [-0.4, -0.2) is 37.4 Å². The highest BCUT2D eigenvalue weighted by Gasteiger charge is 2.15. The summed E-state index contributed by atoms with van der Waals surface area (Å²) in [6.45, 7) is 2.36. The predicted molar refractivity (Wildman–Crippen MR) is 80.9 cm³/mol. The Kier molecular flexibility index (Phi) is 6.26. The summed E-state index contributed by atoms with van der Waals surface area (Å²) in [4.78, 5) is 12.0. The van der Waals surface area contributed by atoms with Gasteiger partial charge in [-0.1, -0.05) is 11.8 Å². The van der Waals surface area contributed by atoms with Crippen LogP contribution in [0.1, 0.15) is 35.2 Å². The summed E-state index contributed by atoms with van der Waals surface area (Å²) in [5.74, 6) is 6.27. The second-order valence-electron chi connectivity index (χ2n) is 5.12. The zero-order chi connectivity index (χ0) is 14.9. The van der Waals surface area contributed by atoms with Gasteiger partial charge in [0.2, 0.25) is 0 Å². The Labute approximate surface area is 125 Å². The van der Waals surface area contributed by atoms with E-state index in [1.54, 1.807) is 12.1 Å². The summed E-state index contributed by atoms with van der Waals surface area (Å²) in [6.07, 6.45) is 2.49. The fraction of sp³-hybridized carbons (Fsp3) is 0.471. The number of amides is 1. The van der Waals surface area contributed by atoms with Crippen LogP contribution in [0.5, 0.6) is 0 Å². The molecular formula is C17H21NO3. The maximum atomic E-state index is 12.0. The molecule has 1 aliphatic heterocycles. The van der Waals surface area contributed by atoms with Crippen LogP contribution in [0.4, 0.5) is 0 Å². The second kappa shape index (κ2) is 8.46. The van der Waals surface area contributed by atoms with Crippen molar-refractivity contribution < 1.29 is 14.6 Å². The smallest absolute Gasteiger partial charge is 0.251 e. The molecule has 0 radical (unpaired) electrons. The number of nitrogens with one attached hydrogen (secondary N) is 1. The fourth-order valence-electron chi connectivity index (χ4n) is 2.22. The van der Waals surface area contributed by atoms with Crippen molar-refractivity contribution in [2.75, 3.05) is 26.4 Å². The molecule has 0 aromatic heterocycles.